The van der Waals surface area contributed by atoms with E-state index in [9.17, 15) is 9.59 Å². The molecule has 0 radical (unpaired) electrons. The number of piperazine rings is 1. The SMILES string of the molecule is COC(=O)c1ccc(N2CCN(C(=S)Nc3ccc(C(=O)O)c(Cl)c3)CC2)cc1. The lowest BCUT2D eigenvalue weighted by atomic mass is 10.2. The van der Waals surface area contributed by atoms with Crippen molar-refractivity contribution in [2.45, 2.75) is 0 Å². The van der Waals surface area contributed by atoms with Crippen molar-refractivity contribution in [1.29, 1.82) is 0 Å². The highest BCUT2D eigenvalue weighted by molar-refractivity contribution is 7.80. The summed E-state index contributed by atoms with van der Waals surface area (Å²) in [6, 6.07) is 12.0. The Kier molecular flexibility index (Phi) is 6.56. The van der Waals surface area contributed by atoms with Crippen LogP contribution in [0.2, 0.25) is 5.02 Å². The predicted octanol–water partition coefficient (Wildman–Crippen LogP) is 3.34. The molecule has 2 aromatic carbocycles. The van der Waals surface area contributed by atoms with E-state index in [1.54, 1.807) is 24.3 Å². The van der Waals surface area contributed by atoms with Crippen molar-refractivity contribution in [3.63, 3.8) is 0 Å². The number of carboxylic acid groups (broad SMARTS) is 1. The molecule has 0 aliphatic carbocycles. The lowest BCUT2D eigenvalue weighted by molar-refractivity contribution is 0.0600. The van der Waals surface area contributed by atoms with Crippen molar-refractivity contribution in [3.8, 4) is 0 Å². The number of benzene rings is 2. The first-order valence-corrected chi connectivity index (χ1v) is 9.70. The topological polar surface area (TPSA) is 82.1 Å². The first-order chi connectivity index (χ1) is 13.9. The first-order valence-electron chi connectivity index (χ1n) is 8.91. The molecule has 1 heterocycles. The van der Waals surface area contributed by atoms with Gasteiger partial charge in [0.15, 0.2) is 5.11 Å². The van der Waals surface area contributed by atoms with Gasteiger partial charge < -0.3 is 25.0 Å². The fourth-order valence-electron chi connectivity index (χ4n) is 3.06. The van der Waals surface area contributed by atoms with Crippen LogP contribution in [0.5, 0.6) is 0 Å². The summed E-state index contributed by atoms with van der Waals surface area (Å²) in [4.78, 5) is 26.9. The average molecular weight is 434 g/mol. The number of carbonyl (C=O) groups excluding carboxylic acids is 1. The second-order valence-corrected chi connectivity index (χ2v) is 7.24. The third kappa shape index (κ3) is 4.96. The van der Waals surface area contributed by atoms with Gasteiger partial charge in [0.25, 0.3) is 0 Å². The van der Waals surface area contributed by atoms with Gasteiger partial charge in [-0.05, 0) is 54.7 Å². The van der Waals surface area contributed by atoms with E-state index in [1.165, 1.54) is 13.2 Å². The number of aromatic carboxylic acids is 1. The zero-order chi connectivity index (χ0) is 21.0. The molecule has 0 amide bonds. The molecule has 152 valence electrons. The number of methoxy groups -OCH3 is 1. The van der Waals surface area contributed by atoms with Crippen molar-refractivity contribution in [2.24, 2.45) is 0 Å². The van der Waals surface area contributed by atoms with Crippen LogP contribution >= 0.6 is 23.8 Å². The van der Waals surface area contributed by atoms with Crippen LogP contribution < -0.4 is 10.2 Å². The molecule has 0 aromatic heterocycles. The van der Waals surface area contributed by atoms with E-state index >= 15 is 0 Å². The monoisotopic (exact) mass is 433 g/mol. The predicted molar refractivity (Wildman–Crippen MR) is 116 cm³/mol. The highest BCUT2D eigenvalue weighted by Crippen LogP contribution is 2.22. The van der Waals surface area contributed by atoms with E-state index in [-0.39, 0.29) is 16.6 Å². The molecule has 0 unspecified atom stereocenters. The van der Waals surface area contributed by atoms with Crippen molar-refractivity contribution >= 4 is 52.2 Å². The number of esters is 1. The quantitative estimate of drug-likeness (QED) is 0.561. The number of hydrogen-bond donors (Lipinski definition) is 2. The molecule has 0 bridgehead atoms. The number of nitrogens with zero attached hydrogens (tertiary/aromatic N) is 2. The van der Waals surface area contributed by atoms with Crippen LogP contribution in [0.4, 0.5) is 11.4 Å². The van der Waals surface area contributed by atoms with Crippen molar-refractivity contribution in [1.82, 2.24) is 4.90 Å². The lowest BCUT2D eigenvalue weighted by Crippen LogP contribution is -2.50. The summed E-state index contributed by atoms with van der Waals surface area (Å²) in [6.07, 6.45) is 0. The van der Waals surface area contributed by atoms with Crippen LogP contribution in [0.15, 0.2) is 42.5 Å². The maximum atomic E-state index is 11.5. The number of rotatable bonds is 4. The number of carboxylic acids is 1. The molecule has 0 spiro atoms. The Morgan fingerprint density at radius 1 is 1.10 bits per heavy atom. The van der Waals surface area contributed by atoms with E-state index in [0.717, 1.165) is 31.9 Å². The zero-order valence-corrected chi connectivity index (χ0v) is 17.3. The van der Waals surface area contributed by atoms with Gasteiger partial charge in [0.2, 0.25) is 0 Å². The number of ether oxygens (including phenoxy) is 1. The smallest absolute Gasteiger partial charge is 0.337 e. The molecule has 2 N–H and O–H groups in total. The molecular weight excluding hydrogens is 414 g/mol. The summed E-state index contributed by atoms with van der Waals surface area (Å²) < 4.78 is 4.72. The van der Waals surface area contributed by atoms with Gasteiger partial charge >= 0.3 is 11.9 Å². The van der Waals surface area contributed by atoms with Crippen LogP contribution in [0.1, 0.15) is 20.7 Å². The van der Waals surface area contributed by atoms with Crippen molar-refractivity contribution in [2.75, 3.05) is 43.5 Å². The third-order valence-corrected chi connectivity index (χ3v) is 5.34. The van der Waals surface area contributed by atoms with Gasteiger partial charge in [0, 0.05) is 37.6 Å². The Bertz CT molecular complexity index is 928. The minimum Gasteiger partial charge on any atom is -0.478 e. The van der Waals surface area contributed by atoms with Crippen LogP contribution in [0.3, 0.4) is 0 Å². The molecule has 3 rings (SSSR count). The third-order valence-electron chi connectivity index (χ3n) is 4.67. The number of halogens is 1. The number of carbonyl (C=O) groups is 2. The van der Waals surface area contributed by atoms with Crippen LogP contribution in [0, 0.1) is 0 Å². The fourth-order valence-corrected chi connectivity index (χ4v) is 3.62. The summed E-state index contributed by atoms with van der Waals surface area (Å²) in [6.45, 7) is 3.01. The molecular formula is C20H20ClN3O4S. The van der Waals surface area contributed by atoms with Crippen molar-refractivity contribution < 1.29 is 19.4 Å². The standard InChI is InChI=1S/C20H20ClN3O4S/c1-28-19(27)13-2-5-15(6-3-13)23-8-10-24(11-9-23)20(29)22-14-4-7-16(18(25)26)17(21)12-14/h2-7,12H,8-11H2,1H3,(H,22,29)(H,25,26). The second kappa shape index (κ2) is 9.11. The van der Waals surface area contributed by atoms with E-state index in [4.69, 9.17) is 33.7 Å². The highest BCUT2D eigenvalue weighted by Gasteiger charge is 2.20. The number of thiocarbonyl (C=S) groups is 1. The van der Waals surface area contributed by atoms with Crippen LogP contribution in [-0.4, -0.2) is 60.3 Å². The van der Waals surface area contributed by atoms with Gasteiger partial charge in [0.05, 0.1) is 23.3 Å². The maximum Gasteiger partial charge on any atom is 0.337 e. The zero-order valence-electron chi connectivity index (χ0n) is 15.7. The molecule has 1 saturated heterocycles. The number of hydrogen-bond acceptors (Lipinski definition) is 5. The molecule has 1 fully saturated rings. The normalized spacial score (nSPS) is 13.7. The van der Waals surface area contributed by atoms with Gasteiger partial charge in [-0.3, -0.25) is 0 Å². The summed E-state index contributed by atoms with van der Waals surface area (Å²) in [5.41, 5.74) is 2.25. The second-order valence-electron chi connectivity index (χ2n) is 6.44. The number of nitrogens with one attached hydrogen (secondary N) is 1. The van der Waals surface area contributed by atoms with E-state index in [2.05, 4.69) is 10.2 Å². The van der Waals surface area contributed by atoms with Gasteiger partial charge in [-0.2, -0.15) is 0 Å². The Labute approximate surface area is 178 Å². The summed E-state index contributed by atoms with van der Waals surface area (Å²) in [7, 11) is 1.36. The van der Waals surface area contributed by atoms with E-state index in [1.807, 2.05) is 17.0 Å². The molecule has 0 saturated carbocycles. The Balaban J connectivity index is 1.56. The van der Waals surface area contributed by atoms with E-state index in [0.29, 0.717) is 16.4 Å². The van der Waals surface area contributed by atoms with Gasteiger partial charge in [-0.25, -0.2) is 9.59 Å². The van der Waals surface area contributed by atoms with Crippen LogP contribution in [0.25, 0.3) is 0 Å². The Morgan fingerprint density at radius 2 is 1.76 bits per heavy atom. The minimum absolute atomic E-state index is 0.0509. The Hall–Kier alpha value is -2.84. The molecule has 2 aromatic rings. The number of anilines is 2. The summed E-state index contributed by atoms with van der Waals surface area (Å²) >= 11 is 11.5. The summed E-state index contributed by atoms with van der Waals surface area (Å²) in [5, 5.41) is 12.9. The highest BCUT2D eigenvalue weighted by atomic mass is 35.5. The molecule has 7 nitrogen and oxygen atoms in total. The molecule has 1 aliphatic rings. The largest absolute Gasteiger partial charge is 0.478 e. The van der Waals surface area contributed by atoms with Gasteiger partial charge in [0.1, 0.15) is 0 Å². The first kappa shape index (κ1) is 20.9. The fraction of sp³-hybridized carbons (Fsp3) is 0.250. The summed E-state index contributed by atoms with van der Waals surface area (Å²) in [5.74, 6) is -1.42. The van der Waals surface area contributed by atoms with Gasteiger partial charge in [-0.15, -0.1) is 0 Å². The molecule has 1 aliphatic heterocycles. The lowest BCUT2D eigenvalue weighted by Gasteiger charge is -2.37. The van der Waals surface area contributed by atoms with Crippen LogP contribution in [-0.2, 0) is 4.74 Å². The maximum absolute atomic E-state index is 11.5. The molecule has 0 atom stereocenters. The van der Waals surface area contributed by atoms with E-state index < -0.39 is 5.97 Å². The van der Waals surface area contributed by atoms with Crippen molar-refractivity contribution in [3.05, 3.63) is 58.6 Å². The van der Waals surface area contributed by atoms with Gasteiger partial charge in [-0.1, -0.05) is 11.6 Å². The minimum atomic E-state index is -1.07. The average Bonchev–Trinajstić information content (AvgIpc) is 2.73. The Morgan fingerprint density at radius 3 is 2.31 bits per heavy atom. The molecule has 9 heteroatoms. The molecule has 29 heavy (non-hydrogen) atoms.